The maximum Gasteiger partial charge on any atom is 0.0346 e. The molecule has 1 aromatic carbocycles. The minimum Gasteiger partial charge on any atom is -0.328 e. The highest BCUT2D eigenvalue weighted by atomic mass is 14.8. The van der Waals surface area contributed by atoms with Gasteiger partial charge in [0.2, 0.25) is 0 Å². The summed E-state index contributed by atoms with van der Waals surface area (Å²) in [4.78, 5) is 4.19. The van der Waals surface area contributed by atoms with E-state index in [1.54, 1.807) is 0 Å². The highest BCUT2D eigenvalue weighted by Crippen LogP contribution is 2.56. The van der Waals surface area contributed by atoms with Gasteiger partial charge >= 0.3 is 0 Å². The number of nitrogens with two attached hydrogens (primary N) is 2. The van der Waals surface area contributed by atoms with Gasteiger partial charge in [0.1, 0.15) is 0 Å². The van der Waals surface area contributed by atoms with Gasteiger partial charge in [0.15, 0.2) is 0 Å². The maximum atomic E-state index is 6.71. The molecule has 1 heterocycles. The third-order valence-electron chi connectivity index (χ3n) is 5.82. The number of rotatable bonds is 3. The number of benzene rings is 1. The van der Waals surface area contributed by atoms with Crippen molar-refractivity contribution in [1.29, 1.82) is 0 Å². The molecule has 120 valence electrons. The number of nitrogens with zero attached hydrogens (tertiary/aromatic N) is 1. The van der Waals surface area contributed by atoms with Gasteiger partial charge in [-0.1, -0.05) is 30.3 Å². The van der Waals surface area contributed by atoms with Crippen molar-refractivity contribution >= 4 is 0 Å². The first-order valence-corrected chi connectivity index (χ1v) is 8.70. The fourth-order valence-electron chi connectivity index (χ4n) is 4.20. The van der Waals surface area contributed by atoms with Crippen LogP contribution in [0.5, 0.6) is 0 Å². The van der Waals surface area contributed by atoms with Gasteiger partial charge in [-0.25, -0.2) is 0 Å². The van der Waals surface area contributed by atoms with Crippen molar-refractivity contribution in [2.24, 2.45) is 17.4 Å². The summed E-state index contributed by atoms with van der Waals surface area (Å²) in [5, 5.41) is 0. The predicted molar refractivity (Wildman–Crippen MR) is 93.9 cm³/mol. The van der Waals surface area contributed by atoms with Crippen molar-refractivity contribution in [3.05, 3.63) is 54.4 Å². The lowest BCUT2D eigenvalue weighted by molar-refractivity contribution is 0.239. The fourth-order valence-corrected chi connectivity index (χ4v) is 4.20. The van der Waals surface area contributed by atoms with Gasteiger partial charge in [0, 0.05) is 24.0 Å². The minimum atomic E-state index is 0.0164. The number of aromatic nitrogens is 1. The second kappa shape index (κ2) is 5.73. The molecule has 2 aromatic rings. The summed E-state index contributed by atoms with van der Waals surface area (Å²) in [7, 11) is 0. The van der Waals surface area contributed by atoms with Crippen molar-refractivity contribution < 1.29 is 0 Å². The largest absolute Gasteiger partial charge is 0.328 e. The first kappa shape index (κ1) is 14.9. The van der Waals surface area contributed by atoms with Crippen molar-refractivity contribution in [1.82, 2.24) is 4.98 Å². The van der Waals surface area contributed by atoms with Crippen LogP contribution in [0.4, 0.5) is 0 Å². The quantitative estimate of drug-likeness (QED) is 0.913. The first-order valence-electron chi connectivity index (χ1n) is 8.70. The Hall–Kier alpha value is -1.71. The van der Waals surface area contributed by atoms with Crippen LogP contribution in [0.15, 0.2) is 48.8 Å². The number of hydrogen-bond donors (Lipinski definition) is 2. The zero-order valence-corrected chi connectivity index (χ0v) is 13.5. The molecule has 0 saturated heterocycles. The molecule has 4 N–H and O–H groups in total. The molecular formula is C20H25N3. The molecule has 3 nitrogen and oxygen atoms in total. The molecule has 1 aromatic heterocycles. The normalized spacial score (nSPS) is 33.4. The van der Waals surface area contributed by atoms with Crippen molar-refractivity contribution in [3.63, 3.8) is 0 Å². The highest BCUT2D eigenvalue weighted by molar-refractivity contribution is 5.62. The van der Waals surface area contributed by atoms with Gasteiger partial charge in [0.25, 0.3) is 0 Å². The van der Waals surface area contributed by atoms with Crippen molar-refractivity contribution in [2.45, 2.75) is 49.6 Å². The van der Waals surface area contributed by atoms with E-state index in [1.807, 2.05) is 18.5 Å². The summed E-state index contributed by atoms with van der Waals surface area (Å²) >= 11 is 0. The third kappa shape index (κ3) is 2.91. The summed E-state index contributed by atoms with van der Waals surface area (Å²) in [6, 6.07) is 13.4. The molecular weight excluding hydrogens is 282 g/mol. The van der Waals surface area contributed by atoms with E-state index in [0.29, 0.717) is 17.9 Å². The molecule has 0 bridgehead atoms. The summed E-state index contributed by atoms with van der Waals surface area (Å²) < 4.78 is 0. The smallest absolute Gasteiger partial charge is 0.0346 e. The second-order valence-corrected chi connectivity index (χ2v) is 7.38. The van der Waals surface area contributed by atoms with Gasteiger partial charge in [-0.3, -0.25) is 4.98 Å². The van der Waals surface area contributed by atoms with Gasteiger partial charge in [-0.2, -0.15) is 0 Å². The van der Waals surface area contributed by atoms with Gasteiger partial charge in [-0.05, 0) is 66.7 Å². The van der Waals surface area contributed by atoms with Crippen LogP contribution >= 0.6 is 0 Å². The Morgan fingerprint density at radius 2 is 1.74 bits per heavy atom. The van der Waals surface area contributed by atoms with Gasteiger partial charge < -0.3 is 11.5 Å². The molecule has 4 rings (SSSR count). The third-order valence-corrected chi connectivity index (χ3v) is 5.82. The maximum absolute atomic E-state index is 6.71. The van der Waals surface area contributed by atoms with E-state index in [9.17, 15) is 0 Å². The van der Waals surface area contributed by atoms with Crippen LogP contribution in [0.3, 0.4) is 0 Å². The van der Waals surface area contributed by atoms with E-state index in [1.165, 1.54) is 23.1 Å². The van der Waals surface area contributed by atoms with Crippen LogP contribution in [0, 0.1) is 5.92 Å². The van der Waals surface area contributed by atoms with E-state index in [2.05, 4.69) is 35.3 Å². The van der Waals surface area contributed by atoms with E-state index in [-0.39, 0.29) is 5.54 Å². The topological polar surface area (TPSA) is 64.9 Å². The monoisotopic (exact) mass is 307 g/mol. The van der Waals surface area contributed by atoms with Crippen molar-refractivity contribution in [2.75, 3.05) is 0 Å². The Balaban J connectivity index is 1.46. The summed E-state index contributed by atoms with van der Waals surface area (Å²) in [6.45, 7) is 0. The molecule has 0 aliphatic heterocycles. The summed E-state index contributed by atoms with van der Waals surface area (Å²) in [5.74, 6) is 1.27. The Morgan fingerprint density at radius 1 is 1.00 bits per heavy atom. The summed E-state index contributed by atoms with van der Waals surface area (Å²) in [6.07, 6.45) is 9.29. The van der Waals surface area contributed by atoms with Crippen LogP contribution in [0.1, 0.15) is 43.6 Å². The van der Waals surface area contributed by atoms with Gasteiger partial charge in [0.05, 0.1) is 0 Å². The lowest BCUT2D eigenvalue weighted by Crippen LogP contribution is -2.48. The van der Waals surface area contributed by atoms with Gasteiger partial charge in [-0.15, -0.1) is 0 Å². The van der Waals surface area contributed by atoms with Crippen LogP contribution < -0.4 is 11.5 Å². The summed E-state index contributed by atoms with van der Waals surface area (Å²) in [5.41, 5.74) is 16.6. The standard InChI is InChI=1S/C20H25N3/c21-17-7-9-20(22,10-8-17)19-12-18(19)15-5-3-14(4-6-15)16-2-1-11-23-13-16/h1-6,11,13,17-19H,7-10,12,21-22H2/t17?,18-,19+,20?/m0/s1. The fraction of sp³-hybridized carbons (Fsp3) is 0.450. The Bertz CT molecular complexity index is 657. The van der Waals surface area contributed by atoms with E-state index in [0.717, 1.165) is 25.7 Å². The van der Waals surface area contributed by atoms with E-state index in [4.69, 9.17) is 11.5 Å². The average Bonchev–Trinajstić information content (AvgIpc) is 3.40. The highest BCUT2D eigenvalue weighted by Gasteiger charge is 2.51. The lowest BCUT2D eigenvalue weighted by atomic mass is 9.76. The minimum absolute atomic E-state index is 0.0164. The van der Waals surface area contributed by atoms with Crippen LogP contribution in [-0.4, -0.2) is 16.6 Å². The van der Waals surface area contributed by atoms with E-state index < -0.39 is 0 Å². The molecule has 2 atom stereocenters. The average molecular weight is 307 g/mol. The molecule has 0 unspecified atom stereocenters. The number of pyridine rings is 1. The first-order chi connectivity index (χ1) is 11.2. The number of hydrogen-bond acceptors (Lipinski definition) is 3. The second-order valence-electron chi connectivity index (χ2n) is 7.38. The zero-order chi connectivity index (χ0) is 15.9. The predicted octanol–water partition coefficient (Wildman–Crippen LogP) is 3.45. The van der Waals surface area contributed by atoms with Crippen molar-refractivity contribution in [3.8, 4) is 11.1 Å². The zero-order valence-electron chi connectivity index (χ0n) is 13.5. The molecule has 23 heavy (non-hydrogen) atoms. The van der Waals surface area contributed by atoms with Crippen LogP contribution in [-0.2, 0) is 0 Å². The lowest BCUT2D eigenvalue weighted by Gasteiger charge is -2.36. The molecule has 0 amide bonds. The molecule has 2 aliphatic carbocycles. The molecule has 0 radical (unpaired) electrons. The van der Waals surface area contributed by atoms with Crippen LogP contribution in [0.2, 0.25) is 0 Å². The molecule has 3 heteroatoms. The Labute approximate surface area is 138 Å². The molecule has 2 saturated carbocycles. The SMILES string of the molecule is NC1CCC(N)([C@@H]2C[C@H]2c2ccc(-c3cccnc3)cc2)CC1. The van der Waals surface area contributed by atoms with E-state index >= 15 is 0 Å². The molecule has 0 spiro atoms. The Kier molecular flexibility index (Phi) is 3.70. The Morgan fingerprint density at radius 3 is 2.39 bits per heavy atom. The molecule has 2 aliphatic rings. The van der Waals surface area contributed by atoms with Crippen LogP contribution in [0.25, 0.3) is 11.1 Å². The molecule has 2 fully saturated rings.